The maximum absolute atomic E-state index is 11.1. The van der Waals surface area contributed by atoms with Gasteiger partial charge in [-0.2, -0.15) is 0 Å². The molecule has 0 heterocycles. The fourth-order valence-corrected chi connectivity index (χ4v) is 1.85. The molecule has 7 nitrogen and oxygen atoms in total. The number of nitro benzene ring substituents is 1. The Morgan fingerprint density at radius 3 is 2.70 bits per heavy atom. The Balaban J connectivity index is 3.19. The van der Waals surface area contributed by atoms with Crippen molar-refractivity contribution in [2.75, 3.05) is 18.0 Å². The van der Waals surface area contributed by atoms with Crippen LogP contribution in [0.1, 0.15) is 30.1 Å². The lowest BCUT2D eigenvalue weighted by atomic mass is 10.1. The van der Waals surface area contributed by atoms with E-state index in [4.69, 9.17) is 5.73 Å². The van der Waals surface area contributed by atoms with Crippen LogP contribution in [-0.2, 0) is 4.79 Å². The maximum Gasteiger partial charge on any atom is 0.293 e. The lowest BCUT2D eigenvalue weighted by Crippen LogP contribution is -2.34. The lowest BCUT2D eigenvalue weighted by Gasteiger charge is -2.22. The molecule has 0 unspecified atom stereocenters. The van der Waals surface area contributed by atoms with Crippen molar-refractivity contribution in [3.63, 3.8) is 0 Å². The summed E-state index contributed by atoms with van der Waals surface area (Å²) in [6.07, 6.45) is 2.20. The highest BCUT2D eigenvalue weighted by molar-refractivity contribution is 5.83. The number of nitrogens with two attached hydrogens (primary N) is 1. The van der Waals surface area contributed by atoms with E-state index in [1.165, 1.54) is 18.2 Å². The summed E-state index contributed by atoms with van der Waals surface area (Å²) in [5.74, 6) is -0.560. The van der Waals surface area contributed by atoms with E-state index in [1.54, 1.807) is 4.90 Å². The van der Waals surface area contributed by atoms with Crippen molar-refractivity contribution in [3.8, 4) is 0 Å². The maximum atomic E-state index is 11.1. The zero-order chi connectivity index (χ0) is 15.1. The molecule has 1 amide bonds. The van der Waals surface area contributed by atoms with Gasteiger partial charge in [0.25, 0.3) is 5.69 Å². The van der Waals surface area contributed by atoms with Gasteiger partial charge in [0.1, 0.15) is 12.0 Å². The van der Waals surface area contributed by atoms with Crippen LogP contribution in [0.25, 0.3) is 0 Å². The molecule has 1 aromatic rings. The zero-order valence-electron chi connectivity index (χ0n) is 11.2. The molecule has 2 N–H and O–H groups in total. The number of nitrogens with zero attached hydrogens (tertiary/aromatic N) is 2. The number of hydrogen-bond donors (Lipinski definition) is 1. The number of rotatable bonds is 8. The number of nitro groups is 1. The third kappa shape index (κ3) is 4.04. The molecule has 7 heteroatoms. The van der Waals surface area contributed by atoms with Crippen molar-refractivity contribution >= 4 is 23.6 Å². The minimum Gasteiger partial charge on any atom is -0.368 e. The molecule has 0 saturated carbocycles. The molecular formula is C13H17N3O4. The van der Waals surface area contributed by atoms with E-state index in [1.807, 2.05) is 6.92 Å². The summed E-state index contributed by atoms with van der Waals surface area (Å²) < 4.78 is 0. The van der Waals surface area contributed by atoms with Gasteiger partial charge in [0.2, 0.25) is 5.91 Å². The molecule has 1 aromatic carbocycles. The molecule has 0 aliphatic heterocycles. The average molecular weight is 279 g/mol. The molecule has 0 spiro atoms. The highest BCUT2D eigenvalue weighted by Gasteiger charge is 2.21. The van der Waals surface area contributed by atoms with Crippen LogP contribution in [0.5, 0.6) is 0 Å². The minimum atomic E-state index is -0.567. The van der Waals surface area contributed by atoms with Crippen LogP contribution in [0, 0.1) is 10.1 Å². The van der Waals surface area contributed by atoms with Crippen molar-refractivity contribution < 1.29 is 14.5 Å². The van der Waals surface area contributed by atoms with Gasteiger partial charge >= 0.3 is 0 Å². The summed E-state index contributed by atoms with van der Waals surface area (Å²) >= 11 is 0. The Morgan fingerprint density at radius 2 is 2.20 bits per heavy atom. The van der Waals surface area contributed by atoms with Crippen LogP contribution < -0.4 is 10.6 Å². The van der Waals surface area contributed by atoms with Crippen molar-refractivity contribution in [3.05, 3.63) is 33.9 Å². The fourth-order valence-electron chi connectivity index (χ4n) is 1.85. The van der Waals surface area contributed by atoms with E-state index < -0.39 is 10.8 Å². The number of benzene rings is 1. The van der Waals surface area contributed by atoms with Crippen LogP contribution >= 0.6 is 0 Å². The van der Waals surface area contributed by atoms with Crippen LogP contribution in [0.4, 0.5) is 11.4 Å². The summed E-state index contributed by atoms with van der Waals surface area (Å²) in [4.78, 5) is 33.9. The summed E-state index contributed by atoms with van der Waals surface area (Å²) in [5, 5.41) is 11.1. The Bertz CT molecular complexity index is 516. The van der Waals surface area contributed by atoms with Gasteiger partial charge in [0, 0.05) is 18.2 Å². The first-order valence-corrected chi connectivity index (χ1v) is 6.26. The second-order valence-electron chi connectivity index (χ2n) is 4.36. The Morgan fingerprint density at radius 1 is 1.50 bits per heavy atom. The number of amides is 1. The predicted molar refractivity (Wildman–Crippen MR) is 74.8 cm³/mol. The molecule has 0 fully saturated rings. The number of unbranched alkanes of at least 4 members (excludes halogenated alkanes) is 1. The average Bonchev–Trinajstić information content (AvgIpc) is 2.42. The Labute approximate surface area is 116 Å². The van der Waals surface area contributed by atoms with Crippen LogP contribution in [-0.4, -0.2) is 30.2 Å². The van der Waals surface area contributed by atoms with E-state index in [-0.39, 0.29) is 17.8 Å². The van der Waals surface area contributed by atoms with Crippen molar-refractivity contribution in [2.24, 2.45) is 5.73 Å². The normalized spacial score (nSPS) is 10.1. The molecule has 0 atom stereocenters. The third-order valence-corrected chi connectivity index (χ3v) is 2.80. The fraction of sp³-hybridized carbons (Fsp3) is 0.385. The molecule has 0 bridgehead atoms. The van der Waals surface area contributed by atoms with Gasteiger partial charge in [0.05, 0.1) is 11.5 Å². The van der Waals surface area contributed by atoms with Gasteiger partial charge in [0.15, 0.2) is 0 Å². The van der Waals surface area contributed by atoms with E-state index in [0.29, 0.717) is 18.5 Å². The minimum absolute atomic E-state index is 0.0960. The van der Waals surface area contributed by atoms with Gasteiger partial charge < -0.3 is 10.6 Å². The van der Waals surface area contributed by atoms with E-state index in [9.17, 15) is 19.7 Å². The zero-order valence-corrected chi connectivity index (χ0v) is 11.2. The lowest BCUT2D eigenvalue weighted by molar-refractivity contribution is -0.384. The third-order valence-electron chi connectivity index (χ3n) is 2.80. The molecule has 0 radical (unpaired) electrons. The number of anilines is 1. The van der Waals surface area contributed by atoms with E-state index >= 15 is 0 Å². The summed E-state index contributed by atoms with van der Waals surface area (Å²) in [6.45, 7) is 2.37. The first-order valence-electron chi connectivity index (χ1n) is 6.26. The summed E-state index contributed by atoms with van der Waals surface area (Å²) in [7, 11) is 0. The van der Waals surface area contributed by atoms with Crippen LogP contribution in [0.2, 0.25) is 0 Å². The molecular weight excluding hydrogens is 262 g/mol. The summed E-state index contributed by atoms with van der Waals surface area (Å²) in [5.41, 5.74) is 5.49. The standard InChI is InChI=1S/C13H17N3O4/c1-2-3-6-15(8-13(14)18)11-5-4-10(9-17)7-12(11)16(19)20/h4-5,7,9H,2-3,6,8H2,1H3,(H2,14,18). The largest absolute Gasteiger partial charge is 0.368 e. The smallest absolute Gasteiger partial charge is 0.293 e. The van der Waals surface area contributed by atoms with Crippen molar-refractivity contribution in [1.82, 2.24) is 0 Å². The monoisotopic (exact) mass is 279 g/mol. The van der Waals surface area contributed by atoms with Crippen molar-refractivity contribution in [2.45, 2.75) is 19.8 Å². The molecule has 0 aliphatic carbocycles. The number of hydrogen-bond acceptors (Lipinski definition) is 5. The van der Waals surface area contributed by atoms with Gasteiger partial charge in [-0.15, -0.1) is 0 Å². The second kappa shape index (κ2) is 7.22. The molecule has 20 heavy (non-hydrogen) atoms. The number of primary amides is 1. The SMILES string of the molecule is CCCCN(CC(N)=O)c1ccc(C=O)cc1[N+](=O)[O-]. The predicted octanol–water partition coefficient (Wildman–Crippen LogP) is 1.50. The Kier molecular flexibility index (Phi) is 5.64. The number of carbonyl (C=O) groups excluding carboxylic acids is 2. The quantitative estimate of drug-likeness (QED) is 0.441. The van der Waals surface area contributed by atoms with Gasteiger partial charge in [-0.05, 0) is 18.6 Å². The highest BCUT2D eigenvalue weighted by atomic mass is 16.6. The van der Waals surface area contributed by atoms with Gasteiger partial charge in [-0.1, -0.05) is 13.3 Å². The van der Waals surface area contributed by atoms with Crippen LogP contribution in [0.15, 0.2) is 18.2 Å². The first-order chi connectivity index (χ1) is 9.49. The Hall–Kier alpha value is -2.44. The topological polar surface area (TPSA) is 107 Å². The molecule has 0 saturated heterocycles. The van der Waals surface area contributed by atoms with E-state index in [0.717, 1.165) is 12.8 Å². The molecule has 0 aromatic heterocycles. The first kappa shape index (κ1) is 15.6. The number of carbonyl (C=O) groups is 2. The highest BCUT2D eigenvalue weighted by Crippen LogP contribution is 2.29. The molecule has 1 rings (SSSR count). The van der Waals surface area contributed by atoms with Gasteiger partial charge in [-0.25, -0.2) is 0 Å². The summed E-state index contributed by atoms with van der Waals surface area (Å²) in [6, 6.07) is 4.15. The number of aldehydes is 1. The second-order valence-corrected chi connectivity index (χ2v) is 4.36. The van der Waals surface area contributed by atoms with Crippen molar-refractivity contribution in [1.29, 1.82) is 0 Å². The molecule has 108 valence electrons. The van der Waals surface area contributed by atoms with Crippen LogP contribution in [0.3, 0.4) is 0 Å². The van der Waals surface area contributed by atoms with E-state index in [2.05, 4.69) is 0 Å². The molecule has 0 aliphatic rings. The van der Waals surface area contributed by atoms with Gasteiger partial charge in [-0.3, -0.25) is 19.7 Å².